The molecule has 4 aliphatic rings. The molecule has 0 radical (unpaired) electrons. The van der Waals surface area contributed by atoms with Crippen molar-refractivity contribution in [2.24, 2.45) is 46.3 Å². The summed E-state index contributed by atoms with van der Waals surface area (Å²) in [5, 5.41) is 0. The normalized spacial score (nSPS) is 30.2. The maximum absolute atomic E-state index is 12.2. The van der Waals surface area contributed by atoms with Crippen molar-refractivity contribution in [1.29, 1.82) is 0 Å². The van der Waals surface area contributed by atoms with Crippen LogP contribution in [-0.2, 0) is 20.6 Å². The van der Waals surface area contributed by atoms with Crippen LogP contribution in [0.5, 0.6) is 0 Å². The number of fused-ring (bicyclic) bond motifs is 5. The van der Waals surface area contributed by atoms with Gasteiger partial charge in [-0.05, 0) is 141 Å². The van der Waals surface area contributed by atoms with E-state index in [1.807, 2.05) is 0 Å². The van der Waals surface area contributed by atoms with Crippen molar-refractivity contribution in [3.8, 4) is 0 Å². The van der Waals surface area contributed by atoms with Crippen LogP contribution in [0.25, 0.3) is 0 Å². The van der Waals surface area contributed by atoms with Crippen molar-refractivity contribution in [1.82, 2.24) is 0 Å². The predicted molar refractivity (Wildman–Crippen MR) is 213 cm³/mol. The second-order valence-corrected chi connectivity index (χ2v) is 18.5. The second-order valence-electron chi connectivity index (χ2n) is 18.5. The minimum Gasteiger partial charge on any atom is -0.465 e. The summed E-state index contributed by atoms with van der Waals surface area (Å²) in [5.74, 6) is 4.64. The third-order valence-corrected chi connectivity index (χ3v) is 14.9. The Morgan fingerprint density at radius 3 is 2.21 bits per heavy atom. The minimum absolute atomic E-state index is 0.358. The van der Waals surface area contributed by atoms with Gasteiger partial charge in [0.25, 0.3) is 0 Å². The average Bonchev–Trinajstić information content (AvgIpc) is 3.50. The van der Waals surface area contributed by atoms with Crippen LogP contribution in [0.1, 0.15) is 183 Å². The van der Waals surface area contributed by atoms with Gasteiger partial charge in [-0.25, -0.2) is 9.59 Å². The zero-order chi connectivity index (χ0) is 37.3. The van der Waals surface area contributed by atoms with Crippen molar-refractivity contribution in [2.75, 3.05) is 20.8 Å². The first-order chi connectivity index (χ1) is 25.0. The third kappa shape index (κ3) is 9.56. The number of benzene rings is 1. The van der Waals surface area contributed by atoms with Crippen LogP contribution in [-0.4, -0.2) is 38.9 Å². The quantitative estimate of drug-likeness (QED) is 0.0809. The summed E-state index contributed by atoms with van der Waals surface area (Å²) < 4.78 is 16.4. The number of unbranched alkanes of at least 4 members (excludes halogenated alkanes) is 7. The Bertz CT molecular complexity index is 1350. The lowest BCUT2D eigenvalue weighted by Crippen LogP contribution is -2.51. The van der Waals surface area contributed by atoms with Crippen molar-refractivity contribution in [2.45, 2.75) is 169 Å². The molecule has 0 heterocycles. The first kappa shape index (κ1) is 41.0. The highest BCUT2D eigenvalue weighted by atomic mass is 16.5. The standard InChI is InChI=1S/C47H74O5/c1-33(2)17-16-18-34(3)41-24-25-42-40-23-21-37-32-38(26-28-46(37,4)43(40)27-29-47(41,42)5)52-30-15-13-11-9-8-10-12-14-19-35-31-36(44(48)50-6)20-22-39(35)45(49)51-7/h20-22,31,33-34,38,40-43H,8-19,23-30,32H2,1-7H3/t34-,38?,40+,41-,42+,43+,46+,47-/m1/s1. The number of carbonyl (C=O) groups excluding carboxylic acids is 2. The molecule has 1 aromatic carbocycles. The lowest BCUT2D eigenvalue weighted by molar-refractivity contribution is -0.0641. The van der Waals surface area contributed by atoms with Gasteiger partial charge >= 0.3 is 11.9 Å². The van der Waals surface area contributed by atoms with Gasteiger partial charge in [-0.2, -0.15) is 0 Å². The summed E-state index contributed by atoms with van der Waals surface area (Å²) in [5.41, 5.74) is 4.60. The van der Waals surface area contributed by atoms with E-state index in [0.717, 1.165) is 66.9 Å². The van der Waals surface area contributed by atoms with Crippen LogP contribution < -0.4 is 0 Å². The maximum atomic E-state index is 12.2. The van der Waals surface area contributed by atoms with E-state index < -0.39 is 0 Å². The molecule has 0 saturated heterocycles. The fraction of sp³-hybridized carbons (Fsp3) is 0.787. The van der Waals surface area contributed by atoms with Gasteiger partial charge in [-0.3, -0.25) is 0 Å². The van der Waals surface area contributed by atoms with Crippen molar-refractivity contribution >= 4 is 11.9 Å². The summed E-state index contributed by atoms with van der Waals surface area (Å²) in [6, 6.07) is 5.08. The average molecular weight is 719 g/mol. The van der Waals surface area contributed by atoms with E-state index in [0.29, 0.717) is 28.1 Å². The van der Waals surface area contributed by atoms with Gasteiger partial charge in [0, 0.05) is 6.61 Å². The molecule has 5 heteroatoms. The van der Waals surface area contributed by atoms with Gasteiger partial charge in [0.2, 0.25) is 0 Å². The topological polar surface area (TPSA) is 61.8 Å². The Kier molecular flexibility index (Phi) is 14.9. The molecule has 0 amide bonds. The van der Waals surface area contributed by atoms with E-state index in [2.05, 4.69) is 40.7 Å². The van der Waals surface area contributed by atoms with Crippen LogP contribution in [0, 0.1) is 46.3 Å². The van der Waals surface area contributed by atoms with Gasteiger partial charge < -0.3 is 14.2 Å². The molecule has 8 atom stereocenters. The monoisotopic (exact) mass is 719 g/mol. The van der Waals surface area contributed by atoms with Gasteiger partial charge in [0.1, 0.15) is 0 Å². The van der Waals surface area contributed by atoms with E-state index in [1.165, 1.54) is 123 Å². The van der Waals surface area contributed by atoms with Crippen LogP contribution in [0.3, 0.4) is 0 Å². The highest BCUT2D eigenvalue weighted by Crippen LogP contribution is 2.67. The number of hydrogen-bond acceptors (Lipinski definition) is 5. The van der Waals surface area contributed by atoms with Gasteiger partial charge in [0.15, 0.2) is 0 Å². The molecule has 292 valence electrons. The number of aryl methyl sites for hydroxylation is 1. The molecule has 4 aliphatic carbocycles. The molecule has 1 unspecified atom stereocenters. The zero-order valence-electron chi connectivity index (χ0n) is 34.2. The SMILES string of the molecule is COC(=O)c1ccc(C(=O)OC)c(CCCCCCCCCCOC2CC[C@@]3(C)C(=CC[C@H]4[C@@H]5CC[C@H]([C@H](C)CCCC(C)C)[C@@]5(C)CC[C@@H]43)C2)c1. The van der Waals surface area contributed by atoms with Crippen LogP contribution in [0.2, 0.25) is 0 Å². The predicted octanol–water partition coefficient (Wildman–Crippen LogP) is 12.3. The molecule has 5 nitrogen and oxygen atoms in total. The summed E-state index contributed by atoms with van der Waals surface area (Å²) in [6.45, 7) is 13.6. The van der Waals surface area contributed by atoms with Crippen molar-refractivity contribution in [3.63, 3.8) is 0 Å². The fourth-order valence-electron chi connectivity index (χ4n) is 11.9. The number of methoxy groups -OCH3 is 2. The molecular weight excluding hydrogens is 645 g/mol. The van der Waals surface area contributed by atoms with Crippen LogP contribution >= 0.6 is 0 Å². The molecule has 0 aromatic heterocycles. The maximum Gasteiger partial charge on any atom is 0.338 e. The second kappa shape index (κ2) is 18.9. The van der Waals surface area contributed by atoms with E-state index >= 15 is 0 Å². The van der Waals surface area contributed by atoms with Crippen molar-refractivity contribution < 1.29 is 23.8 Å². The van der Waals surface area contributed by atoms with Gasteiger partial charge in [-0.1, -0.05) is 104 Å². The Morgan fingerprint density at radius 2 is 1.50 bits per heavy atom. The lowest BCUT2D eigenvalue weighted by Gasteiger charge is -2.58. The largest absolute Gasteiger partial charge is 0.465 e. The highest BCUT2D eigenvalue weighted by molar-refractivity contribution is 5.94. The molecule has 0 spiro atoms. The molecule has 3 fully saturated rings. The van der Waals surface area contributed by atoms with E-state index in [1.54, 1.807) is 23.8 Å². The summed E-state index contributed by atoms with van der Waals surface area (Å²) >= 11 is 0. The van der Waals surface area contributed by atoms with E-state index in [9.17, 15) is 9.59 Å². The number of allylic oxidation sites excluding steroid dienone is 1. The smallest absolute Gasteiger partial charge is 0.338 e. The first-order valence-electron chi connectivity index (χ1n) is 21.6. The summed E-state index contributed by atoms with van der Waals surface area (Å²) in [4.78, 5) is 24.2. The Balaban J connectivity index is 0.969. The first-order valence-corrected chi connectivity index (χ1v) is 21.6. The van der Waals surface area contributed by atoms with Crippen LogP contribution in [0.4, 0.5) is 0 Å². The Hall–Kier alpha value is -2.14. The zero-order valence-corrected chi connectivity index (χ0v) is 34.2. The molecule has 3 saturated carbocycles. The molecule has 52 heavy (non-hydrogen) atoms. The Labute approximate surface area is 317 Å². The number of rotatable bonds is 19. The molecule has 0 bridgehead atoms. The van der Waals surface area contributed by atoms with Crippen LogP contribution in [0.15, 0.2) is 29.8 Å². The highest BCUT2D eigenvalue weighted by Gasteiger charge is 2.59. The molecule has 0 aliphatic heterocycles. The number of esters is 2. The number of carbonyl (C=O) groups is 2. The molecular formula is C47H74O5. The fourth-order valence-corrected chi connectivity index (χ4v) is 11.9. The Morgan fingerprint density at radius 1 is 0.788 bits per heavy atom. The lowest BCUT2D eigenvalue weighted by atomic mass is 9.47. The minimum atomic E-state index is -0.384. The van der Waals surface area contributed by atoms with Gasteiger partial charge in [-0.15, -0.1) is 0 Å². The molecule has 5 rings (SSSR count). The van der Waals surface area contributed by atoms with E-state index in [-0.39, 0.29) is 11.9 Å². The van der Waals surface area contributed by atoms with Crippen molar-refractivity contribution in [3.05, 3.63) is 46.5 Å². The molecule has 0 N–H and O–H groups in total. The van der Waals surface area contributed by atoms with Gasteiger partial charge in [0.05, 0.1) is 31.5 Å². The van der Waals surface area contributed by atoms with E-state index in [4.69, 9.17) is 14.2 Å². The summed E-state index contributed by atoms with van der Waals surface area (Å²) in [7, 11) is 2.77. The number of hydrogen-bond donors (Lipinski definition) is 0. The summed E-state index contributed by atoms with van der Waals surface area (Å²) in [6.07, 6.45) is 28.6. The number of ether oxygens (including phenoxy) is 3. The third-order valence-electron chi connectivity index (χ3n) is 14.9. The molecule has 1 aromatic rings.